The van der Waals surface area contributed by atoms with Crippen LogP contribution in [-0.2, 0) is 10.0 Å². The van der Waals surface area contributed by atoms with E-state index >= 15 is 0 Å². The Hall–Kier alpha value is -1.11. The number of nitrogens with one attached hydrogen (secondary N) is 2. The lowest BCUT2D eigenvalue weighted by Crippen LogP contribution is -2.45. The average Bonchev–Trinajstić information content (AvgIpc) is 2.52. The van der Waals surface area contributed by atoms with Gasteiger partial charge >= 0.3 is 0 Å². The van der Waals surface area contributed by atoms with Crippen molar-refractivity contribution in [2.45, 2.75) is 38.0 Å². The normalized spacial score (nSPS) is 22.5. The molecular weight excluding hydrogens is 300 g/mol. The van der Waals surface area contributed by atoms with E-state index in [0.29, 0.717) is 18.9 Å². The Kier molecular flexibility index (Phi) is 5.83. The first-order valence-electron chi connectivity index (χ1n) is 7.88. The number of sulfonamides is 1. The maximum absolute atomic E-state index is 12.4. The SMILES string of the molecule is CCCOc1ccc(S(=O)(=O)NCC2(C)CCCNC2)cc1. The van der Waals surface area contributed by atoms with Crippen molar-refractivity contribution in [3.05, 3.63) is 24.3 Å². The van der Waals surface area contributed by atoms with E-state index in [4.69, 9.17) is 4.74 Å². The predicted molar refractivity (Wildman–Crippen MR) is 87.6 cm³/mol. The van der Waals surface area contributed by atoms with Crippen molar-refractivity contribution in [3.8, 4) is 5.75 Å². The minimum Gasteiger partial charge on any atom is -0.494 e. The van der Waals surface area contributed by atoms with Crippen molar-refractivity contribution in [1.82, 2.24) is 10.0 Å². The van der Waals surface area contributed by atoms with Crippen LogP contribution in [0.2, 0.25) is 0 Å². The summed E-state index contributed by atoms with van der Waals surface area (Å²) >= 11 is 0. The first-order chi connectivity index (χ1) is 10.5. The van der Waals surface area contributed by atoms with Crippen molar-refractivity contribution < 1.29 is 13.2 Å². The van der Waals surface area contributed by atoms with E-state index in [2.05, 4.69) is 17.0 Å². The molecule has 1 fully saturated rings. The fourth-order valence-corrected chi connectivity index (χ4v) is 3.76. The van der Waals surface area contributed by atoms with Crippen LogP contribution in [0.3, 0.4) is 0 Å². The fraction of sp³-hybridized carbons (Fsp3) is 0.625. The van der Waals surface area contributed by atoms with Gasteiger partial charge in [0.15, 0.2) is 0 Å². The highest BCUT2D eigenvalue weighted by Crippen LogP contribution is 2.25. The Bertz CT molecular complexity index is 564. The molecule has 5 nitrogen and oxygen atoms in total. The Morgan fingerprint density at radius 2 is 2.05 bits per heavy atom. The van der Waals surface area contributed by atoms with Crippen LogP contribution in [0.15, 0.2) is 29.2 Å². The zero-order valence-electron chi connectivity index (χ0n) is 13.4. The molecule has 0 saturated carbocycles. The van der Waals surface area contributed by atoms with E-state index in [0.717, 1.165) is 32.4 Å². The smallest absolute Gasteiger partial charge is 0.240 e. The second-order valence-electron chi connectivity index (χ2n) is 6.24. The van der Waals surface area contributed by atoms with Crippen LogP contribution in [0, 0.1) is 5.41 Å². The van der Waals surface area contributed by atoms with Gasteiger partial charge in [0.2, 0.25) is 10.0 Å². The topological polar surface area (TPSA) is 67.4 Å². The summed E-state index contributed by atoms with van der Waals surface area (Å²) in [5.41, 5.74) is -0.0184. The van der Waals surface area contributed by atoms with Gasteiger partial charge in [-0.2, -0.15) is 0 Å². The fourth-order valence-electron chi connectivity index (χ4n) is 2.56. The molecule has 0 amide bonds. The molecule has 0 radical (unpaired) electrons. The Morgan fingerprint density at radius 3 is 2.64 bits per heavy atom. The summed E-state index contributed by atoms with van der Waals surface area (Å²) in [4.78, 5) is 0.281. The van der Waals surface area contributed by atoms with Gasteiger partial charge < -0.3 is 10.1 Å². The lowest BCUT2D eigenvalue weighted by Gasteiger charge is -2.34. The van der Waals surface area contributed by atoms with E-state index < -0.39 is 10.0 Å². The molecule has 22 heavy (non-hydrogen) atoms. The molecule has 124 valence electrons. The maximum Gasteiger partial charge on any atom is 0.240 e. The lowest BCUT2D eigenvalue weighted by molar-refractivity contribution is 0.238. The number of hydrogen-bond donors (Lipinski definition) is 2. The molecule has 1 aromatic carbocycles. The highest BCUT2D eigenvalue weighted by molar-refractivity contribution is 7.89. The second-order valence-corrected chi connectivity index (χ2v) is 8.00. The first kappa shape index (κ1) is 17.2. The molecular formula is C16H26N2O3S. The van der Waals surface area contributed by atoms with Crippen LogP contribution >= 0.6 is 0 Å². The minimum absolute atomic E-state index is 0.0184. The second kappa shape index (κ2) is 7.44. The third-order valence-electron chi connectivity index (χ3n) is 3.98. The van der Waals surface area contributed by atoms with Gasteiger partial charge in [0.25, 0.3) is 0 Å². The highest BCUT2D eigenvalue weighted by Gasteiger charge is 2.28. The molecule has 6 heteroatoms. The standard InChI is InChI=1S/C16H26N2O3S/c1-3-11-21-14-5-7-15(8-6-14)22(19,20)18-13-16(2)9-4-10-17-12-16/h5-8,17-18H,3-4,9-13H2,1-2H3. The van der Waals surface area contributed by atoms with E-state index in [9.17, 15) is 8.42 Å². The summed E-state index contributed by atoms with van der Waals surface area (Å²) < 4.78 is 33.0. The molecule has 0 spiro atoms. The van der Waals surface area contributed by atoms with Gasteiger partial charge in [-0.3, -0.25) is 0 Å². The van der Waals surface area contributed by atoms with Gasteiger partial charge in [0, 0.05) is 13.1 Å². The molecule has 0 bridgehead atoms. The number of ether oxygens (including phenoxy) is 1. The monoisotopic (exact) mass is 326 g/mol. The third kappa shape index (κ3) is 4.69. The van der Waals surface area contributed by atoms with Crippen molar-refractivity contribution in [1.29, 1.82) is 0 Å². The zero-order valence-corrected chi connectivity index (χ0v) is 14.2. The van der Waals surface area contributed by atoms with E-state index in [1.54, 1.807) is 24.3 Å². The maximum atomic E-state index is 12.4. The van der Waals surface area contributed by atoms with E-state index in [-0.39, 0.29) is 10.3 Å². The molecule has 1 aliphatic heterocycles. The van der Waals surface area contributed by atoms with Crippen LogP contribution in [-0.4, -0.2) is 34.7 Å². The Balaban J connectivity index is 1.97. The summed E-state index contributed by atoms with van der Waals surface area (Å²) in [6.07, 6.45) is 3.04. The molecule has 1 aliphatic rings. The first-order valence-corrected chi connectivity index (χ1v) is 9.37. The molecule has 0 aromatic heterocycles. The summed E-state index contributed by atoms with van der Waals surface area (Å²) in [5, 5.41) is 3.33. The Morgan fingerprint density at radius 1 is 1.32 bits per heavy atom. The van der Waals surface area contributed by atoms with Crippen molar-refractivity contribution >= 4 is 10.0 Å². The Labute approximate surface area is 133 Å². The lowest BCUT2D eigenvalue weighted by atomic mass is 9.83. The molecule has 1 saturated heterocycles. The molecule has 2 rings (SSSR count). The predicted octanol–water partition coefficient (Wildman–Crippen LogP) is 2.14. The van der Waals surface area contributed by atoms with Crippen molar-refractivity contribution in [2.24, 2.45) is 5.41 Å². The van der Waals surface area contributed by atoms with Gasteiger partial charge in [-0.25, -0.2) is 13.1 Å². The summed E-state index contributed by atoms with van der Waals surface area (Å²) in [7, 11) is -3.47. The molecule has 0 aliphatic carbocycles. The van der Waals surface area contributed by atoms with Crippen LogP contribution in [0.5, 0.6) is 5.75 Å². The van der Waals surface area contributed by atoms with E-state index in [1.807, 2.05) is 6.92 Å². The summed E-state index contributed by atoms with van der Waals surface area (Å²) in [5.74, 6) is 0.698. The molecule has 1 unspecified atom stereocenters. The van der Waals surface area contributed by atoms with Crippen molar-refractivity contribution in [2.75, 3.05) is 26.2 Å². The minimum atomic E-state index is -3.47. The van der Waals surface area contributed by atoms with Gasteiger partial charge in [-0.05, 0) is 55.5 Å². The largest absolute Gasteiger partial charge is 0.494 e. The van der Waals surface area contributed by atoms with Crippen LogP contribution in [0.1, 0.15) is 33.1 Å². The van der Waals surface area contributed by atoms with Gasteiger partial charge in [-0.15, -0.1) is 0 Å². The van der Waals surface area contributed by atoms with Crippen LogP contribution < -0.4 is 14.8 Å². The summed E-state index contributed by atoms with van der Waals surface area (Å²) in [6, 6.07) is 6.59. The van der Waals surface area contributed by atoms with Gasteiger partial charge in [-0.1, -0.05) is 13.8 Å². The van der Waals surface area contributed by atoms with E-state index in [1.165, 1.54) is 0 Å². The van der Waals surface area contributed by atoms with Gasteiger partial charge in [0.1, 0.15) is 5.75 Å². The quantitative estimate of drug-likeness (QED) is 0.805. The summed E-state index contributed by atoms with van der Waals surface area (Å²) in [6.45, 7) is 7.10. The van der Waals surface area contributed by atoms with Crippen LogP contribution in [0.25, 0.3) is 0 Å². The highest BCUT2D eigenvalue weighted by atomic mass is 32.2. The van der Waals surface area contributed by atoms with Crippen molar-refractivity contribution in [3.63, 3.8) is 0 Å². The molecule has 1 atom stereocenters. The zero-order chi connectivity index (χ0) is 16.1. The number of benzene rings is 1. The number of piperidine rings is 1. The molecule has 2 N–H and O–H groups in total. The number of hydrogen-bond acceptors (Lipinski definition) is 4. The molecule has 1 heterocycles. The molecule has 1 aromatic rings. The van der Waals surface area contributed by atoms with Crippen LogP contribution in [0.4, 0.5) is 0 Å². The average molecular weight is 326 g/mol. The van der Waals surface area contributed by atoms with Gasteiger partial charge in [0.05, 0.1) is 11.5 Å². The number of rotatable bonds is 7. The third-order valence-corrected chi connectivity index (χ3v) is 5.40.